The Labute approximate surface area is 125 Å². The van der Waals surface area contributed by atoms with E-state index < -0.39 is 0 Å². The van der Waals surface area contributed by atoms with Gasteiger partial charge >= 0.3 is 0 Å². The molecular weight excluding hydrogens is 262 g/mol. The van der Waals surface area contributed by atoms with E-state index in [-0.39, 0.29) is 0 Å². The molecule has 5 heteroatoms. The summed E-state index contributed by atoms with van der Waals surface area (Å²) in [6.45, 7) is 0.827. The monoisotopic (exact) mass is 283 g/mol. The Hall–Kier alpha value is -2.01. The number of nitrogens with zero attached hydrogens (tertiary/aromatic N) is 4. The first-order chi connectivity index (χ1) is 10.2. The van der Waals surface area contributed by atoms with E-state index in [2.05, 4.69) is 26.3 Å². The number of fused-ring (bicyclic) bond motifs is 1. The fourth-order valence-corrected chi connectivity index (χ4v) is 2.71. The lowest BCUT2D eigenvalue weighted by atomic mass is 9.92. The van der Waals surface area contributed by atoms with Crippen LogP contribution in [0.25, 0.3) is 0 Å². The van der Waals surface area contributed by atoms with E-state index in [1.165, 1.54) is 23.2 Å². The molecule has 0 saturated heterocycles. The third-order valence-electron chi connectivity index (χ3n) is 3.84. The lowest BCUT2D eigenvalue weighted by Crippen LogP contribution is -2.26. The maximum atomic E-state index is 4.68. The van der Waals surface area contributed by atoms with Crippen molar-refractivity contribution in [3.8, 4) is 0 Å². The summed E-state index contributed by atoms with van der Waals surface area (Å²) in [6, 6.07) is 4.40. The van der Waals surface area contributed by atoms with Crippen molar-refractivity contribution < 1.29 is 0 Å². The standard InChI is InChI=1S/C16H21N5/c1-21(2)16-19-11-13-14(6-3-7-15(13)20-16)18-10-12-5-4-8-17-9-12/h4-5,8-9,11,14,18H,3,6-7,10H2,1-2H3. The first-order valence-electron chi connectivity index (χ1n) is 7.39. The molecule has 2 aromatic heterocycles. The van der Waals surface area contributed by atoms with E-state index in [0.717, 1.165) is 25.3 Å². The van der Waals surface area contributed by atoms with Crippen LogP contribution in [0.15, 0.2) is 30.7 Å². The molecule has 0 aliphatic heterocycles. The van der Waals surface area contributed by atoms with Gasteiger partial charge in [0.1, 0.15) is 0 Å². The number of aryl methyl sites for hydroxylation is 1. The Balaban J connectivity index is 1.74. The molecule has 0 aromatic carbocycles. The van der Waals surface area contributed by atoms with Crippen LogP contribution >= 0.6 is 0 Å². The van der Waals surface area contributed by atoms with Crippen LogP contribution in [0.3, 0.4) is 0 Å². The van der Waals surface area contributed by atoms with Crippen LogP contribution in [0.1, 0.15) is 35.7 Å². The van der Waals surface area contributed by atoms with Gasteiger partial charge in [-0.1, -0.05) is 6.07 Å². The summed E-state index contributed by atoms with van der Waals surface area (Å²) in [5.41, 5.74) is 3.63. The molecule has 1 N–H and O–H groups in total. The topological polar surface area (TPSA) is 53.9 Å². The molecule has 0 spiro atoms. The van der Waals surface area contributed by atoms with E-state index in [1.54, 1.807) is 6.20 Å². The van der Waals surface area contributed by atoms with Gasteiger partial charge < -0.3 is 10.2 Å². The fraction of sp³-hybridized carbons (Fsp3) is 0.438. The normalized spacial score (nSPS) is 17.3. The zero-order valence-corrected chi connectivity index (χ0v) is 12.6. The van der Waals surface area contributed by atoms with Crippen molar-refractivity contribution >= 4 is 5.95 Å². The van der Waals surface area contributed by atoms with Gasteiger partial charge in [-0.05, 0) is 30.9 Å². The first kappa shape index (κ1) is 13.9. The zero-order chi connectivity index (χ0) is 14.7. The van der Waals surface area contributed by atoms with Crippen LogP contribution in [-0.4, -0.2) is 29.0 Å². The third-order valence-corrected chi connectivity index (χ3v) is 3.84. The summed E-state index contributed by atoms with van der Waals surface area (Å²) in [5.74, 6) is 0.793. The lowest BCUT2D eigenvalue weighted by molar-refractivity contribution is 0.452. The van der Waals surface area contributed by atoms with Gasteiger partial charge in [-0.2, -0.15) is 0 Å². The number of aromatic nitrogens is 3. The van der Waals surface area contributed by atoms with Gasteiger partial charge in [0.05, 0.1) is 5.69 Å². The molecule has 1 aliphatic rings. The molecule has 110 valence electrons. The Morgan fingerprint density at radius 3 is 3.00 bits per heavy atom. The van der Waals surface area contributed by atoms with Gasteiger partial charge in [-0.25, -0.2) is 9.97 Å². The number of hydrogen-bond acceptors (Lipinski definition) is 5. The van der Waals surface area contributed by atoms with Crippen LogP contribution in [0.5, 0.6) is 0 Å². The summed E-state index contributed by atoms with van der Waals surface area (Å²) in [6.07, 6.45) is 9.04. The minimum absolute atomic E-state index is 0.338. The van der Waals surface area contributed by atoms with Crippen molar-refractivity contribution in [3.05, 3.63) is 47.5 Å². The number of nitrogens with one attached hydrogen (secondary N) is 1. The molecule has 0 saturated carbocycles. The van der Waals surface area contributed by atoms with Crippen molar-refractivity contribution in [3.63, 3.8) is 0 Å². The molecule has 1 atom stereocenters. The van der Waals surface area contributed by atoms with E-state index in [1.807, 2.05) is 37.5 Å². The summed E-state index contributed by atoms with van der Waals surface area (Å²) < 4.78 is 0. The summed E-state index contributed by atoms with van der Waals surface area (Å²) in [7, 11) is 3.95. The summed E-state index contributed by atoms with van der Waals surface area (Å²) in [4.78, 5) is 15.2. The summed E-state index contributed by atoms with van der Waals surface area (Å²) >= 11 is 0. The van der Waals surface area contributed by atoms with E-state index in [0.29, 0.717) is 6.04 Å². The minimum atomic E-state index is 0.338. The Morgan fingerprint density at radius 1 is 1.33 bits per heavy atom. The second-order valence-electron chi connectivity index (χ2n) is 5.65. The molecule has 3 rings (SSSR count). The number of rotatable bonds is 4. The Bertz CT molecular complexity index is 597. The zero-order valence-electron chi connectivity index (χ0n) is 12.6. The van der Waals surface area contributed by atoms with Crippen molar-refractivity contribution in [1.82, 2.24) is 20.3 Å². The van der Waals surface area contributed by atoms with E-state index in [4.69, 9.17) is 0 Å². The average molecular weight is 283 g/mol. The molecule has 21 heavy (non-hydrogen) atoms. The highest BCUT2D eigenvalue weighted by Crippen LogP contribution is 2.29. The highest BCUT2D eigenvalue weighted by atomic mass is 15.2. The number of pyridine rings is 1. The van der Waals surface area contributed by atoms with Crippen LogP contribution in [0, 0.1) is 0 Å². The predicted octanol–water partition coefficient (Wildman–Crippen LogP) is 2.10. The third kappa shape index (κ3) is 3.19. The highest BCUT2D eigenvalue weighted by molar-refractivity contribution is 5.34. The van der Waals surface area contributed by atoms with Gasteiger partial charge in [-0.15, -0.1) is 0 Å². The van der Waals surface area contributed by atoms with Crippen LogP contribution in [0.4, 0.5) is 5.95 Å². The molecule has 5 nitrogen and oxygen atoms in total. The van der Waals surface area contributed by atoms with E-state index in [9.17, 15) is 0 Å². The molecule has 2 aromatic rings. The molecular formula is C16H21N5. The quantitative estimate of drug-likeness (QED) is 0.931. The van der Waals surface area contributed by atoms with Gasteiger partial charge in [0.25, 0.3) is 0 Å². The average Bonchev–Trinajstić information content (AvgIpc) is 2.53. The molecule has 0 radical (unpaired) electrons. The largest absolute Gasteiger partial charge is 0.347 e. The van der Waals surface area contributed by atoms with Crippen molar-refractivity contribution in [2.75, 3.05) is 19.0 Å². The Morgan fingerprint density at radius 2 is 2.24 bits per heavy atom. The van der Waals surface area contributed by atoms with Crippen LogP contribution in [-0.2, 0) is 13.0 Å². The molecule has 0 fully saturated rings. The minimum Gasteiger partial charge on any atom is -0.347 e. The van der Waals surface area contributed by atoms with Crippen molar-refractivity contribution in [2.24, 2.45) is 0 Å². The second-order valence-corrected chi connectivity index (χ2v) is 5.65. The van der Waals surface area contributed by atoms with Gasteiger partial charge in [0, 0.05) is 50.8 Å². The second kappa shape index (κ2) is 6.18. The van der Waals surface area contributed by atoms with E-state index >= 15 is 0 Å². The molecule has 0 amide bonds. The summed E-state index contributed by atoms with van der Waals surface area (Å²) in [5, 5.41) is 3.61. The molecule has 1 unspecified atom stereocenters. The lowest BCUT2D eigenvalue weighted by Gasteiger charge is -2.26. The molecule has 1 aliphatic carbocycles. The molecule has 0 bridgehead atoms. The number of anilines is 1. The SMILES string of the molecule is CN(C)c1ncc2c(n1)CCCC2NCc1cccnc1. The molecule has 2 heterocycles. The van der Waals surface area contributed by atoms with Gasteiger partial charge in [-0.3, -0.25) is 4.98 Å². The smallest absolute Gasteiger partial charge is 0.225 e. The predicted molar refractivity (Wildman–Crippen MR) is 83.1 cm³/mol. The number of hydrogen-bond donors (Lipinski definition) is 1. The van der Waals surface area contributed by atoms with Crippen LogP contribution < -0.4 is 10.2 Å². The fourth-order valence-electron chi connectivity index (χ4n) is 2.71. The highest BCUT2D eigenvalue weighted by Gasteiger charge is 2.22. The van der Waals surface area contributed by atoms with Crippen LogP contribution in [0.2, 0.25) is 0 Å². The van der Waals surface area contributed by atoms with Crippen molar-refractivity contribution in [1.29, 1.82) is 0 Å². The van der Waals surface area contributed by atoms with Gasteiger partial charge in [0.15, 0.2) is 0 Å². The van der Waals surface area contributed by atoms with Gasteiger partial charge in [0.2, 0.25) is 5.95 Å². The van der Waals surface area contributed by atoms with Crippen molar-refractivity contribution in [2.45, 2.75) is 31.8 Å². The first-order valence-corrected chi connectivity index (χ1v) is 7.39. The maximum absolute atomic E-state index is 4.68. The Kier molecular flexibility index (Phi) is 4.10. The maximum Gasteiger partial charge on any atom is 0.225 e.